The topological polar surface area (TPSA) is 30.0 Å². The Morgan fingerprint density at radius 1 is 1.36 bits per heavy atom. The molecule has 0 fully saturated rings. The lowest BCUT2D eigenvalue weighted by molar-refractivity contribution is -0.137. The number of allylic oxidation sites excluding steroid dienone is 1. The summed E-state index contributed by atoms with van der Waals surface area (Å²) in [6.07, 6.45) is -0.563. The third-order valence-electron chi connectivity index (χ3n) is 1.45. The van der Waals surface area contributed by atoms with Crippen LogP contribution in [0.25, 0.3) is 6.08 Å². The molecule has 0 atom stereocenters. The number of hydrogen-bond donors (Lipinski definition) is 0. The summed E-state index contributed by atoms with van der Waals surface area (Å²) >= 11 is 0. The lowest BCUT2D eigenvalue weighted by atomic mass is 10.2. The number of carbonyl (C=O) groups is 1. The van der Waals surface area contributed by atoms with E-state index in [4.69, 9.17) is 0 Å². The minimum absolute atomic E-state index is 0.104. The van der Waals surface area contributed by atoms with E-state index in [9.17, 15) is 18.0 Å². The summed E-state index contributed by atoms with van der Waals surface area (Å²) in [5, 5.41) is 0. The van der Waals surface area contributed by atoms with E-state index in [2.05, 4.69) is 4.98 Å². The van der Waals surface area contributed by atoms with E-state index in [1.54, 1.807) is 0 Å². The average molecular weight is 201 g/mol. The van der Waals surface area contributed by atoms with Crippen LogP contribution in [0.4, 0.5) is 13.2 Å². The average Bonchev–Trinajstić information content (AvgIpc) is 2.14. The van der Waals surface area contributed by atoms with Crippen molar-refractivity contribution in [3.63, 3.8) is 0 Å². The summed E-state index contributed by atoms with van der Waals surface area (Å²) < 4.78 is 36.5. The predicted octanol–water partition coefficient (Wildman–Crippen LogP) is 2.31. The van der Waals surface area contributed by atoms with Gasteiger partial charge in [0.1, 0.15) is 6.29 Å². The highest BCUT2D eigenvalue weighted by molar-refractivity contribution is 5.73. The maximum absolute atomic E-state index is 12.2. The Labute approximate surface area is 78.1 Å². The number of halogens is 3. The van der Waals surface area contributed by atoms with Crippen LogP contribution in [0.5, 0.6) is 0 Å². The van der Waals surface area contributed by atoms with E-state index in [1.807, 2.05) is 0 Å². The molecule has 0 aliphatic heterocycles. The van der Waals surface area contributed by atoms with E-state index < -0.39 is 11.7 Å². The first-order valence-electron chi connectivity index (χ1n) is 3.69. The number of carbonyl (C=O) groups excluding carboxylic acids is 1. The lowest BCUT2D eigenvalue weighted by Gasteiger charge is -2.05. The van der Waals surface area contributed by atoms with Crippen molar-refractivity contribution in [1.82, 2.24) is 4.98 Å². The molecule has 74 valence electrons. The fourth-order valence-corrected chi connectivity index (χ4v) is 0.854. The molecule has 5 heteroatoms. The molecule has 0 aliphatic carbocycles. The maximum Gasteiger partial charge on any atom is 0.416 e. The Kier molecular flexibility index (Phi) is 3.01. The van der Waals surface area contributed by atoms with Crippen LogP contribution in [-0.4, -0.2) is 11.3 Å². The number of hydrogen-bond acceptors (Lipinski definition) is 2. The van der Waals surface area contributed by atoms with E-state index in [1.165, 1.54) is 6.08 Å². The molecule has 1 aromatic rings. The van der Waals surface area contributed by atoms with Crippen molar-refractivity contribution in [2.45, 2.75) is 6.18 Å². The highest BCUT2D eigenvalue weighted by Gasteiger charge is 2.30. The van der Waals surface area contributed by atoms with Crippen LogP contribution in [0.15, 0.2) is 24.4 Å². The van der Waals surface area contributed by atoms with Gasteiger partial charge >= 0.3 is 6.18 Å². The van der Waals surface area contributed by atoms with Crippen molar-refractivity contribution in [3.05, 3.63) is 35.7 Å². The van der Waals surface area contributed by atoms with Gasteiger partial charge in [-0.25, -0.2) is 0 Å². The van der Waals surface area contributed by atoms with Crippen LogP contribution in [0.2, 0.25) is 0 Å². The van der Waals surface area contributed by atoms with Gasteiger partial charge in [0.05, 0.1) is 11.3 Å². The van der Waals surface area contributed by atoms with E-state index >= 15 is 0 Å². The number of nitrogens with zero attached hydrogens (tertiary/aromatic N) is 1. The number of aromatic nitrogens is 1. The summed E-state index contributed by atoms with van der Waals surface area (Å²) in [6, 6.07) is 1.75. The molecule has 0 saturated carbocycles. The van der Waals surface area contributed by atoms with E-state index in [0.29, 0.717) is 6.29 Å². The van der Waals surface area contributed by atoms with Crippen molar-refractivity contribution >= 4 is 12.4 Å². The van der Waals surface area contributed by atoms with Gasteiger partial charge in [-0.15, -0.1) is 0 Å². The Balaban J connectivity index is 3.01. The first-order chi connectivity index (χ1) is 6.54. The molecule has 0 radical (unpaired) electrons. The number of alkyl halides is 3. The summed E-state index contributed by atoms with van der Waals surface area (Å²) in [5.41, 5.74) is -0.676. The van der Waals surface area contributed by atoms with E-state index in [0.717, 1.165) is 24.4 Å². The predicted molar refractivity (Wildman–Crippen MR) is 44.3 cm³/mol. The van der Waals surface area contributed by atoms with Gasteiger partial charge < -0.3 is 0 Å². The first-order valence-corrected chi connectivity index (χ1v) is 3.69. The van der Waals surface area contributed by atoms with Gasteiger partial charge in [0.15, 0.2) is 0 Å². The number of pyridine rings is 1. The normalized spacial score (nSPS) is 11.9. The number of aldehydes is 1. The van der Waals surface area contributed by atoms with Crippen molar-refractivity contribution in [2.24, 2.45) is 0 Å². The van der Waals surface area contributed by atoms with Crippen LogP contribution in [-0.2, 0) is 11.0 Å². The molecule has 0 spiro atoms. The third-order valence-corrected chi connectivity index (χ3v) is 1.45. The van der Waals surface area contributed by atoms with E-state index in [-0.39, 0.29) is 5.69 Å². The standard InChI is InChI=1S/C9H6F3NO/c10-9(11,12)7-3-4-13-8(6-7)2-1-5-14/h1-6H. The second-order valence-electron chi connectivity index (χ2n) is 2.46. The molecule has 0 bridgehead atoms. The summed E-state index contributed by atoms with van der Waals surface area (Å²) in [6.45, 7) is 0. The molecule has 0 aliphatic rings. The molecule has 2 nitrogen and oxygen atoms in total. The smallest absolute Gasteiger partial charge is 0.299 e. The van der Waals surface area contributed by atoms with Gasteiger partial charge in [-0.05, 0) is 24.3 Å². The Bertz CT molecular complexity index is 357. The lowest BCUT2D eigenvalue weighted by Crippen LogP contribution is -2.05. The summed E-state index contributed by atoms with van der Waals surface area (Å²) in [4.78, 5) is 13.6. The fourth-order valence-electron chi connectivity index (χ4n) is 0.854. The first kappa shape index (κ1) is 10.4. The molecule has 0 saturated heterocycles. The fraction of sp³-hybridized carbons (Fsp3) is 0.111. The molecule has 1 rings (SSSR count). The number of rotatable bonds is 2. The van der Waals surface area contributed by atoms with Gasteiger partial charge in [-0.1, -0.05) is 0 Å². The van der Waals surface area contributed by atoms with Crippen LogP contribution in [0, 0.1) is 0 Å². The zero-order valence-electron chi connectivity index (χ0n) is 6.95. The second-order valence-corrected chi connectivity index (χ2v) is 2.46. The zero-order chi connectivity index (χ0) is 10.6. The molecule has 1 heterocycles. The van der Waals surface area contributed by atoms with Gasteiger partial charge in [-0.3, -0.25) is 9.78 Å². The van der Waals surface area contributed by atoms with Crippen molar-refractivity contribution in [3.8, 4) is 0 Å². The molecular formula is C9H6F3NO. The quantitative estimate of drug-likeness (QED) is 0.542. The van der Waals surface area contributed by atoms with Crippen molar-refractivity contribution < 1.29 is 18.0 Å². The zero-order valence-corrected chi connectivity index (χ0v) is 6.95. The van der Waals surface area contributed by atoms with Crippen LogP contribution in [0.3, 0.4) is 0 Å². The monoisotopic (exact) mass is 201 g/mol. The van der Waals surface area contributed by atoms with Crippen LogP contribution in [0.1, 0.15) is 11.3 Å². The van der Waals surface area contributed by atoms with Crippen LogP contribution < -0.4 is 0 Å². The largest absolute Gasteiger partial charge is 0.416 e. The third kappa shape index (κ3) is 2.69. The SMILES string of the molecule is O=CC=Cc1cc(C(F)(F)F)ccn1. The van der Waals surface area contributed by atoms with Crippen molar-refractivity contribution in [2.75, 3.05) is 0 Å². The summed E-state index contributed by atoms with van der Waals surface area (Å²) in [7, 11) is 0. The molecule has 14 heavy (non-hydrogen) atoms. The van der Waals surface area contributed by atoms with Crippen molar-refractivity contribution in [1.29, 1.82) is 0 Å². The molecule has 0 aromatic carbocycles. The highest BCUT2D eigenvalue weighted by Crippen LogP contribution is 2.29. The Hall–Kier alpha value is -1.65. The van der Waals surface area contributed by atoms with Gasteiger partial charge in [0.25, 0.3) is 0 Å². The van der Waals surface area contributed by atoms with Gasteiger partial charge in [-0.2, -0.15) is 13.2 Å². The minimum Gasteiger partial charge on any atom is -0.299 e. The van der Waals surface area contributed by atoms with Gasteiger partial charge in [0, 0.05) is 6.20 Å². The Morgan fingerprint density at radius 2 is 2.07 bits per heavy atom. The molecular weight excluding hydrogens is 195 g/mol. The molecule has 1 aromatic heterocycles. The van der Waals surface area contributed by atoms with Crippen LogP contribution >= 0.6 is 0 Å². The summed E-state index contributed by atoms with van der Waals surface area (Å²) in [5.74, 6) is 0. The molecule has 0 amide bonds. The van der Waals surface area contributed by atoms with Gasteiger partial charge in [0.2, 0.25) is 0 Å². The molecule has 0 N–H and O–H groups in total. The second kappa shape index (κ2) is 4.04. The Morgan fingerprint density at radius 3 is 2.64 bits per heavy atom. The maximum atomic E-state index is 12.2. The molecule has 0 unspecified atom stereocenters. The highest BCUT2D eigenvalue weighted by atomic mass is 19.4. The minimum atomic E-state index is -4.38.